The highest BCUT2D eigenvalue weighted by atomic mass is 127. The number of carbonyl (C=O) groups is 1. The van der Waals surface area contributed by atoms with Gasteiger partial charge in [0, 0.05) is 6.20 Å². The van der Waals surface area contributed by atoms with Gasteiger partial charge in [-0.3, -0.25) is 0 Å². The monoisotopic (exact) mass is 415 g/mol. The van der Waals surface area contributed by atoms with Crippen LogP contribution in [0.3, 0.4) is 0 Å². The molecular formula is C9H4F6INO3. The Labute approximate surface area is 121 Å². The lowest BCUT2D eigenvalue weighted by atomic mass is 10.1. The molecule has 0 N–H and O–H groups in total. The van der Waals surface area contributed by atoms with Crippen molar-refractivity contribution >= 4 is 28.6 Å². The van der Waals surface area contributed by atoms with Gasteiger partial charge in [-0.2, -0.15) is 13.2 Å². The van der Waals surface area contributed by atoms with E-state index in [2.05, 4.69) is 14.5 Å². The molecule has 0 saturated heterocycles. The van der Waals surface area contributed by atoms with Gasteiger partial charge in [0.2, 0.25) is 0 Å². The van der Waals surface area contributed by atoms with Gasteiger partial charge in [0.05, 0.1) is 12.7 Å². The summed E-state index contributed by atoms with van der Waals surface area (Å²) in [6.45, 7) is 0. The van der Waals surface area contributed by atoms with Crippen LogP contribution in [-0.2, 0) is 10.9 Å². The molecule has 1 heterocycles. The second kappa shape index (κ2) is 5.61. The lowest BCUT2D eigenvalue weighted by Gasteiger charge is -2.17. The van der Waals surface area contributed by atoms with E-state index in [0.717, 1.165) is 7.11 Å². The van der Waals surface area contributed by atoms with E-state index in [9.17, 15) is 31.1 Å². The summed E-state index contributed by atoms with van der Waals surface area (Å²) in [6.07, 6.45) is -10.1. The molecule has 0 amide bonds. The van der Waals surface area contributed by atoms with Crippen LogP contribution in [0.2, 0.25) is 0 Å². The quantitative estimate of drug-likeness (QED) is 0.322. The van der Waals surface area contributed by atoms with Crippen molar-refractivity contribution in [2.75, 3.05) is 7.11 Å². The first-order valence-corrected chi connectivity index (χ1v) is 5.65. The van der Waals surface area contributed by atoms with Gasteiger partial charge < -0.3 is 9.47 Å². The molecule has 0 spiro atoms. The summed E-state index contributed by atoms with van der Waals surface area (Å²) in [5, 5.41) is 0. The number of methoxy groups -OCH3 is 1. The van der Waals surface area contributed by atoms with Crippen molar-refractivity contribution in [1.29, 1.82) is 0 Å². The Morgan fingerprint density at radius 3 is 2.20 bits per heavy atom. The van der Waals surface area contributed by atoms with Gasteiger partial charge in [-0.25, -0.2) is 9.78 Å². The molecule has 1 aromatic rings. The molecule has 0 aliphatic heterocycles. The molecule has 1 rings (SSSR count). The third-order valence-electron chi connectivity index (χ3n) is 1.90. The van der Waals surface area contributed by atoms with Crippen molar-refractivity contribution in [2.24, 2.45) is 0 Å². The zero-order valence-electron chi connectivity index (χ0n) is 9.40. The lowest BCUT2D eigenvalue weighted by Crippen LogP contribution is -2.23. The first kappa shape index (κ1) is 16.8. The largest absolute Gasteiger partial charge is 0.573 e. The van der Waals surface area contributed by atoms with Crippen molar-refractivity contribution in [3.05, 3.63) is 21.0 Å². The molecule has 0 unspecified atom stereocenters. The third kappa shape index (κ3) is 3.86. The maximum atomic E-state index is 12.7. The van der Waals surface area contributed by atoms with Gasteiger partial charge in [0.1, 0.15) is 9.26 Å². The minimum atomic E-state index is -5.28. The Kier molecular flexibility index (Phi) is 4.71. The van der Waals surface area contributed by atoms with Crippen LogP contribution >= 0.6 is 22.6 Å². The number of rotatable bonds is 2. The standard InChI is InChI=1S/C9H4F6INO3/c1-19-7(18)4-3(8(10,11)12)2-17-6(16)5(4)20-9(13,14)15/h2H,1H3. The van der Waals surface area contributed by atoms with Crippen LogP contribution in [0.5, 0.6) is 5.75 Å². The van der Waals surface area contributed by atoms with E-state index in [1.807, 2.05) is 0 Å². The number of halogens is 7. The average Bonchev–Trinajstić information content (AvgIpc) is 2.27. The van der Waals surface area contributed by atoms with E-state index in [4.69, 9.17) is 0 Å². The fourth-order valence-corrected chi connectivity index (χ4v) is 1.72. The topological polar surface area (TPSA) is 48.4 Å². The highest BCUT2D eigenvalue weighted by Crippen LogP contribution is 2.39. The van der Waals surface area contributed by atoms with Crippen molar-refractivity contribution in [2.45, 2.75) is 12.5 Å². The van der Waals surface area contributed by atoms with E-state index >= 15 is 0 Å². The summed E-state index contributed by atoms with van der Waals surface area (Å²) in [5.74, 6) is -2.96. The normalized spacial score (nSPS) is 12.2. The molecule has 11 heteroatoms. The average molecular weight is 415 g/mol. The van der Waals surface area contributed by atoms with Crippen molar-refractivity contribution in [3.8, 4) is 5.75 Å². The number of pyridine rings is 1. The molecule has 4 nitrogen and oxygen atoms in total. The van der Waals surface area contributed by atoms with Gasteiger partial charge in [0.15, 0.2) is 5.75 Å². The van der Waals surface area contributed by atoms with E-state index in [0.29, 0.717) is 0 Å². The van der Waals surface area contributed by atoms with Crippen LogP contribution in [0.15, 0.2) is 6.20 Å². The Morgan fingerprint density at radius 1 is 1.25 bits per heavy atom. The first-order valence-electron chi connectivity index (χ1n) is 4.57. The molecule has 1 aromatic heterocycles. The molecule has 20 heavy (non-hydrogen) atoms. The summed E-state index contributed by atoms with van der Waals surface area (Å²) in [5.41, 5.74) is -3.05. The van der Waals surface area contributed by atoms with Crippen LogP contribution in [0.25, 0.3) is 0 Å². The van der Waals surface area contributed by atoms with E-state index in [1.54, 1.807) is 0 Å². The zero-order valence-corrected chi connectivity index (χ0v) is 11.6. The van der Waals surface area contributed by atoms with Crippen LogP contribution in [-0.4, -0.2) is 24.4 Å². The molecular weight excluding hydrogens is 411 g/mol. The molecule has 0 atom stereocenters. The van der Waals surface area contributed by atoms with E-state index in [1.165, 1.54) is 22.6 Å². The fraction of sp³-hybridized carbons (Fsp3) is 0.333. The predicted molar refractivity (Wildman–Crippen MR) is 60.0 cm³/mol. The maximum absolute atomic E-state index is 12.7. The lowest BCUT2D eigenvalue weighted by molar-refractivity contribution is -0.275. The third-order valence-corrected chi connectivity index (χ3v) is 2.67. The summed E-state index contributed by atoms with van der Waals surface area (Å²) >= 11 is 1.21. The van der Waals surface area contributed by atoms with Gasteiger partial charge in [-0.15, -0.1) is 13.2 Å². The number of esters is 1. The van der Waals surface area contributed by atoms with E-state index in [-0.39, 0.29) is 6.20 Å². The Bertz CT molecular complexity index is 528. The SMILES string of the molecule is COC(=O)c1c(C(F)(F)F)cnc(I)c1OC(F)(F)F. The Hall–Kier alpha value is -1.27. The summed E-state index contributed by atoms with van der Waals surface area (Å²) in [4.78, 5) is 14.5. The summed E-state index contributed by atoms with van der Waals surface area (Å²) < 4.78 is 81.7. The molecule has 0 fully saturated rings. The number of alkyl halides is 6. The zero-order chi connectivity index (χ0) is 15.7. The van der Waals surface area contributed by atoms with E-state index < -0.39 is 39.1 Å². The molecule has 0 radical (unpaired) electrons. The van der Waals surface area contributed by atoms with Crippen LogP contribution in [0, 0.1) is 3.70 Å². The number of hydrogen-bond donors (Lipinski definition) is 0. The number of aromatic nitrogens is 1. The molecule has 0 aliphatic rings. The van der Waals surface area contributed by atoms with Gasteiger partial charge in [-0.1, -0.05) is 0 Å². The number of ether oxygens (including phenoxy) is 2. The van der Waals surface area contributed by atoms with Gasteiger partial charge in [0.25, 0.3) is 0 Å². The number of nitrogens with zero attached hydrogens (tertiary/aromatic N) is 1. The fourth-order valence-electron chi connectivity index (χ4n) is 1.20. The highest BCUT2D eigenvalue weighted by Gasteiger charge is 2.42. The smallest absolute Gasteiger partial charge is 0.465 e. The second-order valence-electron chi connectivity index (χ2n) is 3.20. The molecule has 0 saturated carbocycles. The predicted octanol–water partition coefficient (Wildman–Crippen LogP) is 3.39. The summed E-state index contributed by atoms with van der Waals surface area (Å²) in [7, 11) is 0.729. The van der Waals surface area contributed by atoms with Crippen molar-refractivity contribution in [3.63, 3.8) is 0 Å². The maximum Gasteiger partial charge on any atom is 0.573 e. The van der Waals surface area contributed by atoms with Crippen molar-refractivity contribution in [1.82, 2.24) is 4.98 Å². The Balaban J connectivity index is 3.59. The van der Waals surface area contributed by atoms with Crippen molar-refractivity contribution < 1.29 is 40.6 Å². The van der Waals surface area contributed by atoms with Crippen LogP contribution in [0.4, 0.5) is 26.3 Å². The molecule has 0 bridgehead atoms. The Morgan fingerprint density at radius 2 is 1.80 bits per heavy atom. The minimum absolute atomic E-state index is 0.233. The molecule has 0 aliphatic carbocycles. The molecule has 0 aromatic carbocycles. The van der Waals surface area contributed by atoms with Gasteiger partial charge >= 0.3 is 18.5 Å². The molecule has 112 valence electrons. The first-order chi connectivity index (χ1) is 8.97. The second-order valence-corrected chi connectivity index (χ2v) is 4.23. The van der Waals surface area contributed by atoms with Crippen LogP contribution in [0.1, 0.15) is 15.9 Å². The highest BCUT2D eigenvalue weighted by molar-refractivity contribution is 14.1. The van der Waals surface area contributed by atoms with Gasteiger partial charge in [-0.05, 0) is 22.6 Å². The number of hydrogen-bond acceptors (Lipinski definition) is 4. The van der Waals surface area contributed by atoms with Crippen LogP contribution < -0.4 is 4.74 Å². The summed E-state index contributed by atoms with van der Waals surface area (Å²) in [6, 6.07) is 0. The number of carbonyl (C=O) groups excluding carboxylic acids is 1. The minimum Gasteiger partial charge on any atom is -0.465 e.